The molecule has 0 fully saturated rings. The summed E-state index contributed by atoms with van der Waals surface area (Å²) in [6.07, 6.45) is 6.06. The predicted molar refractivity (Wildman–Crippen MR) is 59.8 cm³/mol. The van der Waals surface area contributed by atoms with Gasteiger partial charge in [-0.15, -0.1) is 0 Å². The van der Waals surface area contributed by atoms with E-state index in [-0.39, 0.29) is 12.2 Å². The van der Waals surface area contributed by atoms with Crippen molar-refractivity contribution in [3.05, 3.63) is 54.1 Å². The van der Waals surface area contributed by atoms with E-state index in [1.54, 1.807) is 30.6 Å². The zero-order valence-corrected chi connectivity index (χ0v) is 8.91. The van der Waals surface area contributed by atoms with Crippen LogP contribution >= 0.6 is 0 Å². The molecule has 0 aromatic carbocycles. The maximum absolute atomic E-state index is 10.9. The molecule has 0 aliphatic rings. The number of hydrogen-bond acceptors (Lipinski definition) is 4. The van der Waals surface area contributed by atoms with Gasteiger partial charge in [-0.1, -0.05) is 0 Å². The molecule has 0 radical (unpaired) electrons. The first-order chi connectivity index (χ1) is 8.27. The van der Waals surface area contributed by atoms with Gasteiger partial charge in [0.2, 0.25) is 0 Å². The number of pyridine rings is 2. The Labute approximate surface area is 97.7 Å². The van der Waals surface area contributed by atoms with Crippen molar-refractivity contribution in [1.29, 1.82) is 0 Å². The minimum absolute atomic E-state index is 0.149. The summed E-state index contributed by atoms with van der Waals surface area (Å²) in [4.78, 5) is 18.6. The molecule has 0 saturated heterocycles. The van der Waals surface area contributed by atoms with Gasteiger partial charge in [0.15, 0.2) is 0 Å². The van der Waals surface area contributed by atoms with Gasteiger partial charge in [0, 0.05) is 24.2 Å². The Kier molecular flexibility index (Phi) is 3.30. The molecule has 1 N–H and O–H groups in total. The highest BCUT2D eigenvalue weighted by Crippen LogP contribution is 2.12. The number of hydrogen-bond donors (Lipinski definition) is 1. The zero-order chi connectivity index (χ0) is 12.1. The molecule has 86 valence electrons. The molecule has 0 amide bonds. The van der Waals surface area contributed by atoms with Gasteiger partial charge in [-0.2, -0.15) is 0 Å². The number of nitrogens with zero attached hydrogens (tertiary/aromatic N) is 2. The molecule has 2 aromatic rings. The van der Waals surface area contributed by atoms with Crippen LogP contribution in [0.25, 0.3) is 0 Å². The fraction of sp³-hybridized carbons (Fsp3) is 0.0833. The molecule has 0 saturated carbocycles. The van der Waals surface area contributed by atoms with E-state index in [4.69, 9.17) is 9.84 Å². The van der Waals surface area contributed by atoms with Crippen molar-refractivity contribution < 1.29 is 14.6 Å². The van der Waals surface area contributed by atoms with Crippen LogP contribution in [0.1, 0.15) is 15.9 Å². The summed E-state index contributed by atoms with van der Waals surface area (Å²) < 4.78 is 5.43. The van der Waals surface area contributed by atoms with E-state index in [1.165, 1.54) is 12.4 Å². The maximum Gasteiger partial charge on any atom is 0.337 e. The van der Waals surface area contributed by atoms with Crippen LogP contribution in [0, 0.1) is 0 Å². The Balaban J connectivity index is 2.12. The topological polar surface area (TPSA) is 72.3 Å². The van der Waals surface area contributed by atoms with Gasteiger partial charge < -0.3 is 9.84 Å². The summed E-state index contributed by atoms with van der Waals surface area (Å²) in [5.74, 6) is -0.413. The lowest BCUT2D eigenvalue weighted by Gasteiger charge is -2.07. The van der Waals surface area contributed by atoms with Crippen molar-refractivity contribution in [2.75, 3.05) is 0 Å². The Morgan fingerprint density at radius 1 is 1.24 bits per heavy atom. The average molecular weight is 230 g/mol. The molecule has 0 aliphatic heterocycles. The number of carboxylic acids is 1. The molecule has 0 atom stereocenters. The summed E-state index contributed by atoms with van der Waals surface area (Å²) in [5, 5.41) is 8.95. The zero-order valence-electron chi connectivity index (χ0n) is 8.91. The maximum atomic E-state index is 10.9. The summed E-state index contributed by atoms with van der Waals surface area (Å²) in [7, 11) is 0. The number of carboxylic acid groups (broad SMARTS) is 1. The van der Waals surface area contributed by atoms with Crippen LogP contribution in [0.2, 0.25) is 0 Å². The predicted octanol–water partition coefficient (Wildman–Crippen LogP) is 1.75. The first kappa shape index (κ1) is 11.1. The first-order valence-electron chi connectivity index (χ1n) is 4.96. The highest BCUT2D eigenvalue weighted by molar-refractivity contribution is 5.88. The lowest BCUT2D eigenvalue weighted by atomic mass is 10.1. The Hall–Kier alpha value is -2.43. The second kappa shape index (κ2) is 5.07. The third-order valence-corrected chi connectivity index (χ3v) is 2.17. The Morgan fingerprint density at radius 3 is 2.76 bits per heavy atom. The van der Waals surface area contributed by atoms with E-state index < -0.39 is 5.97 Å². The average Bonchev–Trinajstić information content (AvgIpc) is 2.38. The molecule has 0 bridgehead atoms. The van der Waals surface area contributed by atoms with E-state index in [9.17, 15) is 4.79 Å². The van der Waals surface area contributed by atoms with Gasteiger partial charge in [-0.3, -0.25) is 9.97 Å². The SMILES string of the molecule is O=C(O)c1cnccc1COc1cccnc1. The van der Waals surface area contributed by atoms with Crippen molar-refractivity contribution in [1.82, 2.24) is 9.97 Å². The molecule has 0 spiro atoms. The van der Waals surface area contributed by atoms with Gasteiger partial charge in [-0.25, -0.2) is 4.79 Å². The largest absolute Gasteiger partial charge is 0.487 e. The summed E-state index contributed by atoms with van der Waals surface area (Å²) in [6, 6.07) is 5.13. The van der Waals surface area contributed by atoms with Gasteiger partial charge in [0.05, 0.1) is 11.8 Å². The van der Waals surface area contributed by atoms with Gasteiger partial charge >= 0.3 is 5.97 Å². The molecule has 0 unspecified atom stereocenters. The molecule has 5 nitrogen and oxygen atoms in total. The molecule has 2 rings (SSSR count). The quantitative estimate of drug-likeness (QED) is 0.866. The van der Waals surface area contributed by atoms with Gasteiger partial charge in [0.25, 0.3) is 0 Å². The monoisotopic (exact) mass is 230 g/mol. The Morgan fingerprint density at radius 2 is 2.06 bits per heavy atom. The van der Waals surface area contributed by atoms with Gasteiger partial charge in [-0.05, 0) is 18.2 Å². The number of aromatic nitrogens is 2. The van der Waals surface area contributed by atoms with E-state index in [0.717, 1.165) is 0 Å². The lowest BCUT2D eigenvalue weighted by Crippen LogP contribution is -2.06. The van der Waals surface area contributed by atoms with E-state index in [2.05, 4.69) is 9.97 Å². The molecule has 0 aliphatic carbocycles. The second-order valence-corrected chi connectivity index (χ2v) is 3.32. The van der Waals surface area contributed by atoms with Crippen molar-refractivity contribution in [2.24, 2.45) is 0 Å². The van der Waals surface area contributed by atoms with Crippen LogP contribution in [-0.4, -0.2) is 21.0 Å². The van der Waals surface area contributed by atoms with Crippen molar-refractivity contribution in [2.45, 2.75) is 6.61 Å². The fourth-order valence-corrected chi connectivity index (χ4v) is 1.34. The van der Waals surface area contributed by atoms with Crippen molar-refractivity contribution >= 4 is 5.97 Å². The van der Waals surface area contributed by atoms with Crippen LogP contribution in [0.3, 0.4) is 0 Å². The smallest absolute Gasteiger partial charge is 0.337 e. The first-order valence-corrected chi connectivity index (χ1v) is 4.96. The van der Waals surface area contributed by atoms with Crippen LogP contribution in [0.4, 0.5) is 0 Å². The standard InChI is InChI=1S/C12H10N2O3/c15-12(16)11-7-14-5-3-9(11)8-17-10-2-1-4-13-6-10/h1-7H,8H2,(H,15,16). The highest BCUT2D eigenvalue weighted by Gasteiger charge is 2.09. The Bertz CT molecular complexity index is 514. The van der Waals surface area contributed by atoms with Crippen molar-refractivity contribution in [3.63, 3.8) is 0 Å². The molecule has 17 heavy (non-hydrogen) atoms. The minimum Gasteiger partial charge on any atom is -0.487 e. The fourth-order valence-electron chi connectivity index (χ4n) is 1.34. The minimum atomic E-state index is -1.01. The van der Waals surface area contributed by atoms with Crippen LogP contribution in [0.5, 0.6) is 5.75 Å². The molecular weight excluding hydrogens is 220 g/mol. The molecule has 5 heteroatoms. The van der Waals surface area contributed by atoms with E-state index >= 15 is 0 Å². The summed E-state index contributed by atoms with van der Waals surface area (Å²) >= 11 is 0. The number of rotatable bonds is 4. The number of carbonyl (C=O) groups is 1. The molecular formula is C12H10N2O3. The van der Waals surface area contributed by atoms with Crippen LogP contribution in [-0.2, 0) is 6.61 Å². The number of ether oxygens (including phenoxy) is 1. The third kappa shape index (κ3) is 2.78. The lowest BCUT2D eigenvalue weighted by molar-refractivity contribution is 0.0693. The van der Waals surface area contributed by atoms with Crippen LogP contribution < -0.4 is 4.74 Å². The van der Waals surface area contributed by atoms with E-state index in [0.29, 0.717) is 11.3 Å². The van der Waals surface area contributed by atoms with Gasteiger partial charge in [0.1, 0.15) is 12.4 Å². The molecule has 2 heterocycles. The number of aromatic carboxylic acids is 1. The van der Waals surface area contributed by atoms with Crippen molar-refractivity contribution in [3.8, 4) is 5.75 Å². The second-order valence-electron chi connectivity index (χ2n) is 3.32. The third-order valence-electron chi connectivity index (χ3n) is 2.17. The summed E-state index contributed by atoms with van der Waals surface area (Å²) in [6.45, 7) is 0.176. The summed E-state index contributed by atoms with van der Waals surface area (Å²) in [5.41, 5.74) is 0.729. The highest BCUT2D eigenvalue weighted by atomic mass is 16.5. The van der Waals surface area contributed by atoms with E-state index in [1.807, 2.05) is 0 Å². The normalized spacial score (nSPS) is 9.88. The van der Waals surface area contributed by atoms with Crippen LogP contribution in [0.15, 0.2) is 43.0 Å². The molecule has 2 aromatic heterocycles.